The number of fused-ring (bicyclic) bond motifs is 1. The summed E-state index contributed by atoms with van der Waals surface area (Å²) in [7, 11) is 0. The molecule has 1 unspecified atom stereocenters. The topological polar surface area (TPSA) is 84.1 Å². The Hall–Kier alpha value is -3.13. The van der Waals surface area contributed by atoms with Gasteiger partial charge >= 0.3 is 0 Å². The van der Waals surface area contributed by atoms with Crippen LogP contribution in [0.25, 0.3) is 0 Å². The normalized spacial score (nSPS) is 15.4. The van der Waals surface area contributed by atoms with Gasteiger partial charge in [0.05, 0.1) is 12.2 Å². The van der Waals surface area contributed by atoms with Crippen molar-refractivity contribution >= 4 is 23.5 Å². The van der Waals surface area contributed by atoms with Gasteiger partial charge < -0.3 is 15.0 Å². The fourth-order valence-electron chi connectivity index (χ4n) is 3.45. The predicted molar refractivity (Wildman–Crippen MR) is 114 cm³/mol. The van der Waals surface area contributed by atoms with Crippen LogP contribution in [0.3, 0.4) is 0 Å². The van der Waals surface area contributed by atoms with Crippen molar-refractivity contribution in [2.45, 2.75) is 30.2 Å². The minimum Gasteiger partial charge on any atom is -0.494 e. The number of benzene rings is 2. The average molecular weight is 425 g/mol. The molecule has 4 rings (SSSR count). The molecule has 0 saturated heterocycles. The molecule has 1 aromatic heterocycles. The number of rotatable bonds is 6. The highest BCUT2D eigenvalue weighted by atomic mass is 32.2. The third kappa shape index (κ3) is 4.38. The lowest BCUT2D eigenvalue weighted by molar-refractivity contribution is -0.116. The number of anilines is 1. The Bertz CT molecular complexity index is 1130. The van der Waals surface area contributed by atoms with E-state index in [0.29, 0.717) is 23.1 Å². The summed E-state index contributed by atoms with van der Waals surface area (Å²) in [6.45, 7) is 2.47. The minimum atomic E-state index is -0.386. The lowest BCUT2D eigenvalue weighted by Crippen LogP contribution is -2.31. The molecule has 8 heteroatoms. The number of amides is 1. The molecule has 0 aliphatic carbocycles. The number of hydrogen-bond donors (Lipinski definition) is 2. The van der Waals surface area contributed by atoms with E-state index in [0.717, 1.165) is 16.9 Å². The van der Waals surface area contributed by atoms with E-state index in [1.807, 2.05) is 31.2 Å². The van der Waals surface area contributed by atoms with Gasteiger partial charge in [-0.2, -0.15) is 0 Å². The van der Waals surface area contributed by atoms with Crippen LogP contribution in [0.2, 0.25) is 0 Å². The van der Waals surface area contributed by atoms with Gasteiger partial charge in [-0.3, -0.25) is 9.59 Å². The third-order valence-electron chi connectivity index (χ3n) is 4.79. The molecular weight excluding hydrogens is 405 g/mol. The maximum Gasteiger partial charge on any atom is 0.257 e. The van der Waals surface area contributed by atoms with E-state index in [1.165, 1.54) is 23.9 Å². The monoisotopic (exact) mass is 425 g/mol. The second-order valence-corrected chi connectivity index (χ2v) is 7.82. The van der Waals surface area contributed by atoms with Crippen LogP contribution in [0, 0.1) is 5.82 Å². The molecule has 0 spiro atoms. The van der Waals surface area contributed by atoms with Gasteiger partial charge in [-0.25, -0.2) is 9.37 Å². The third-order valence-corrected chi connectivity index (χ3v) is 5.73. The Morgan fingerprint density at radius 1 is 1.20 bits per heavy atom. The first kappa shape index (κ1) is 20.2. The Morgan fingerprint density at radius 3 is 2.73 bits per heavy atom. The molecular formula is C22H20FN3O3S. The average Bonchev–Trinajstić information content (AvgIpc) is 2.72. The molecule has 1 atom stereocenters. The van der Waals surface area contributed by atoms with E-state index in [-0.39, 0.29) is 35.4 Å². The first-order valence-electron chi connectivity index (χ1n) is 9.57. The smallest absolute Gasteiger partial charge is 0.257 e. The van der Waals surface area contributed by atoms with Gasteiger partial charge in [0.1, 0.15) is 17.4 Å². The fraction of sp³-hybridized carbons (Fsp3) is 0.227. The van der Waals surface area contributed by atoms with Crippen molar-refractivity contribution in [3.05, 3.63) is 81.4 Å². The molecule has 2 heterocycles. The summed E-state index contributed by atoms with van der Waals surface area (Å²) in [5.74, 6) is 0.554. The molecule has 30 heavy (non-hydrogen) atoms. The number of nitrogens with zero attached hydrogens (tertiary/aromatic N) is 1. The van der Waals surface area contributed by atoms with E-state index >= 15 is 0 Å². The maximum absolute atomic E-state index is 13.4. The molecule has 154 valence electrons. The second-order valence-electron chi connectivity index (χ2n) is 6.86. The molecule has 1 aliphatic rings. The number of hydrogen-bond acceptors (Lipinski definition) is 5. The van der Waals surface area contributed by atoms with E-state index in [2.05, 4.69) is 15.3 Å². The van der Waals surface area contributed by atoms with E-state index in [1.54, 1.807) is 12.1 Å². The Kier molecular flexibility index (Phi) is 5.85. The van der Waals surface area contributed by atoms with E-state index < -0.39 is 0 Å². The van der Waals surface area contributed by atoms with Crippen molar-refractivity contribution < 1.29 is 13.9 Å². The quantitative estimate of drug-likeness (QED) is 0.459. The molecule has 6 nitrogen and oxygen atoms in total. The molecule has 0 radical (unpaired) electrons. The number of H-pyrrole nitrogens is 1. The Labute approximate surface area is 176 Å². The summed E-state index contributed by atoms with van der Waals surface area (Å²) >= 11 is 1.27. The van der Waals surface area contributed by atoms with Crippen LogP contribution in [0.5, 0.6) is 5.75 Å². The lowest BCUT2D eigenvalue weighted by atomic mass is 9.87. The zero-order valence-electron chi connectivity index (χ0n) is 16.3. The van der Waals surface area contributed by atoms with Crippen LogP contribution in [0.4, 0.5) is 10.2 Å². The van der Waals surface area contributed by atoms with Gasteiger partial charge in [0.25, 0.3) is 5.56 Å². The zero-order chi connectivity index (χ0) is 21.1. The summed E-state index contributed by atoms with van der Waals surface area (Å²) in [5.41, 5.74) is 1.77. The van der Waals surface area contributed by atoms with Gasteiger partial charge in [-0.05, 0) is 42.3 Å². The highest BCUT2D eigenvalue weighted by molar-refractivity contribution is 7.98. The van der Waals surface area contributed by atoms with Crippen LogP contribution in [0.1, 0.15) is 36.0 Å². The lowest BCUT2D eigenvalue weighted by Gasteiger charge is -2.24. The van der Waals surface area contributed by atoms with Crippen molar-refractivity contribution in [2.24, 2.45) is 0 Å². The van der Waals surface area contributed by atoms with Gasteiger partial charge in [0.15, 0.2) is 5.16 Å². The molecule has 0 saturated carbocycles. The molecule has 0 bridgehead atoms. The van der Waals surface area contributed by atoms with Crippen molar-refractivity contribution in [3.8, 4) is 5.75 Å². The predicted octanol–water partition coefficient (Wildman–Crippen LogP) is 4.07. The number of carbonyl (C=O) groups excluding carboxylic acids is 1. The molecule has 2 N–H and O–H groups in total. The largest absolute Gasteiger partial charge is 0.494 e. The molecule has 3 aromatic rings. The number of ether oxygens (including phenoxy) is 1. The molecule has 2 aromatic carbocycles. The Morgan fingerprint density at radius 2 is 2.00 bits per heavy atom. The van der Waals surface area contributed by atoms with Crippen LogP contribution in [-0.4, -0.2) is 22.5 Å². The van der Waals surface area contributed by atoms with Crippen molar-refractivity contribution in [2.75, 3.05) is 11.9 Å². The summed E-state index contributed by atoms with van der Waals surface area (Å²) in [6, 6.07) is 13.6. The molecule has 0 fully saturated rings. The van der Waals surface area contributed by atoms with E-state index in [4.69, 9.17) is 4.74 Å². The van der Waals surface area contributed by atoms with Crippen molar-refractivity contribution in [1.82, 2.24) is 9.97 Å². The first-order valence-corrected chi connectivity index (χ1v) is 10.6. The number of nitrogens with one attached hydrogen (secondary N) is 2. The maximum atomic E-state index is 13.4. The minimum absolute atomic E-state index is 0.168. The fourth-order valence-corrected chi connectivity index (χ4v) is 4.25. The zero-order valence-corrected chi connectivity index (χ0v) is 17.1. The summed E-state index contributed by atoms with van der Waals surface area (Å²) in [6.07, 6.45) is 0.168. The molecule has 1 aliphatic heterocycles. The standard InChI is InChI=1S/C22H20FN3O3S/c1-2-29-16-8-6-14(7-9-16)17-11-18(27)24-20-19(17)21(28)26-22(25-20)30-12-13-4-3-5-15(23)10-13/h3-10,17H,2,11-12H2,1H3,(H2,24,25,26,27,28). The summed E-state index contributed by atoms with van der Waals surface area (Å²) in [5, 5.41) is 3.08. The Balaban J connectivity index is 1.61. The second kappa shape index (κ2) is 8.71. The van der Waals surface area contributed by atoms with Crippen LogP contribution in [0.15, 0.2) is 58.5 Å². The van der Waals surface area contributed by atoms with Gasteiger partial charge in [-0.1, -0.05) is 36.0 Å². The van der Waals surface area contributed by atoms with Gasteiger partial charge in [0.2, 0.25) is 5.91 Å². The number of thioether (sulfide) groups is 1. The van der Waals surface area contributed by atoms with Crippen molar-refractivity contribution in [1.29, 1.82) is 0 Å². The highest BCUT2D eigenvalue weighted by Crippen LogP contribution is 2.35. The summed E-state index contributed by atoms with van der Waals surface area (Å²) in [4.78, 5) is 32.4. The number of aromatic nitrogens is 2. The molecule has 1 amide bonds. The number of aromatic amines is 1. The van der Waals surface area contributed by atoms with Crippen LogP contribution in [-0.2, 0) is 10.5 Å². The van der Waals surface area contributed by atoms with Gasteiger partial charge in [-0.15, -0.1) is 0 Å². The van der Waals surface area contributed by atoms with Crippen LogP contribution >= 0.6 is 11.8 Å². The van der Waals surface area contributed by atoms with Crippen molar-refractivity contribution in [3.63, 3.8) is 0 Å². The highest BCUT2D eigenvalue weighted by Gasteiger charge is 2.31. The van der Waals surface area contributed by atoms with Gasteiger partial charge in [0, 0.05) is 18.1 Å². The SMILES string of the molecule is CCOc1ccc(C2CC(=O)Nc3nc(SCc4cccc(F)c4)[nH]c(=O)c32)cc1. The van der Waals surface area contributed by atoms with E-state index in [9.17, 15) is 14.0 Å². The first-order chi connectivity index (χ1) is 14.5. The van der Waals surface area contributed by atoms with Crippen LogP contribution < -0.4 is 15.6 Å². The summed E-state index contributed by atoms with van der Waals surface area (Å²) < 4.78 is 18.8. The number of carbonyl (C=O) groups is 1. The number of halogens is 1.